The van der Waals surface area contributed by atoms with Crippen molar-refractivity contribution in [2.75, 3.05) is 0 Å². The van der Waals surface area contributed by atoms with Crippen LogP contribution in [0.15, 0.2) is 54.6 Å². The molecule has 0 fully saturated rings. The second-order valence-corrected chi connectivity index (χ2v) is 6.48. The zero-order chi connectivity index (χ0) is 15.5. The van der Waals surface area contributed by atoms with Gasteiger partial charge < -0.3 is 10.0 Å². The van der Waals surface area contributed by atoms with Gasteiger partial charge in [-0.1, -0.05) is 68.4 Å². The summed E-state index contributed by atoms with van der Waals surface area (Å²) >= 11 is 0. The lowest BCUT2D eigenvalue weighted by Crippen LogP contribution is -2.32. The van der Waals surface area contributed by atoms with Gasteiger partial charge in [0.2, 0.25) is 0 Å². The molecule has 0 heterocycles. The Balaban J connectivity index is 2.21. The van der Waals surface area contributed by atoms with E-state index in [-0.39, 0.29) is 5.41 Å². The van der Waals surface area contributed by atoms with Crippen LogP contribution in [0.1, 0.15) is 25.0 Å². The fraction of sp³-hybridized carbons (Fsp3) is 0.158. The number of benzene rings is 3. The van der Waals surface area contributed by atoms with E-state index in [2.05, 4.69) is 44.2 Å². The predicted octanol–water partition coefficient (Wildman–Crippen LogP) is 2.83. The van der Waals surface area contributed by atoms with Crippen molar-refractivity contribution in [1.82, 2.24) is 0 Å². The Morgan fingerprint density at radius 2 is 1.50 bits per heavy atom. The van der Waals surface area contributed by atoms with Crippen molar-refractivity contribution >= 4 is 23.4 Å². The maximum Gasteiger partial charge on any atom is 0.489 e. The SMILES string of the molecule is CC1(C)c2cccc(B(O)O)c2-c2c1ccc1ccccc21. The minimum absolute atomic E-state index is 0.139. The molecule has 0 unspecified atom stereocenters. The maximum absolute atomic E-state index is 9.81. The van der Waals surface area contributed by atoms with Crippen molar-refractivity contribution in [2.45, 2.75) is 19.3 Å². The van der Waals surface area contributed by atoms with Crippen LogP contribution in [0.5, 0.6) is 0 Å². The van der Waals surface area contributed by atoms with Gasteiger partial charge in [0.1, 0.15) is 0 Å². The molecule has 2 N–H and O–H groups in total. The first-order valence-corrected chi connectivity index (χ1v) is 7.54. The van der Waals surface area contributed by atoms with E-state index in [0.717, 1.165) is 16.7 Å². The topological polar surface area (TPSA) is 40.5 Å². The number of fused-ring (bicyclic) bond motifs is 5. The fourth-order valence-electron chi connectivity index (χ4n) is 3.79. The smallest absolute Gasteiger partial charge is 0.423 e. The molecule has 0 aliphatic heterocycles. The zero-order valence-electron chi connectivity index (χ0n) is 12.7. The van der Waals surface area contributed by atoms with Gasteiger partial charge in [-0.25, -0.2) is 0 Å². The molecule has 108 valence electrons. The van der Waals surface area contributed by atoms with Crippen LogP contribution >= 0.6 is 0 Å². The van der Waals surface area contributed by atoms with E-state index in [1.807, 2.05) is 18.2 Å². The summed E-state index contributed by atoms with van der Waals surface area (Å²) in [6.07, 6.45) is 0. The molecule has 3 heteroatoms. The van der Waals surface area contributed by atoms with Gasteiger partial charge in [-0.15, -0.1) is 0 Å². The standard InChI is InChI=1S/C19H17BO2/c1-19(2)14-8-5-9-16(20(21)22)18(14)17-13-7-4-3-6-12(13)10-11-15(17)19/h3-11,21-22H,1-2H3. The van der Waals surface area contributed by atoms with Crippen LogP contribution in [0.2, 0.25) is 0 Å². The molecular weight excluding hydrogens is 271 g/mol. The largest absolute Gasteiger partial charge is 0.489 e. The molecule has 2 nitrogen and oxygen atoms in total. The van der Waals surface area contributed by atoms with Gasteiger partial charge in [0.15, 0.2) is 0 Å². The molecule has 4 rings (SSSR count). The molecule has 0 amide bonds. The van der Waals surface area contributed by atoms with Crippen LogP contribution in [0.25, 0.3) is 21.9 Å². The highest BCUT2D eigenvalue weighted by molar-refractivity contribution is 6.61. The lowest BCUT2D eigenvalue weighted by Gasteiger charge is -2.21. The van der Waals surface area contributed by atoms with Crippen LogP contribution in [0, 0.1) is 0 Å². The average Bonchev–Trinajstić information content (AvgIpc) is 2.76. The van der Waals surface area contributed by atoms with E-state index in [0.29, 0.717) is 5.46 Å². The Bertz CT molecular complexity index is 897. The molecule has 1 aliphatic rings. The van der Waals surface area contributed by atoms with Gasteiger partial charge >= 0.3 is 7.12 Å². The molecule has 0 saturated heterocycles. The third-order valence-electron chi connectivity index (χ3n) is 4.90. The molecular formula is C19H17BO2. The van der Waals surface area contributed by atoms with Crippen LogP contribution in [-0.2, 0) is 5.41 Å². The van der Waals surface area contributed by atoms with Gasteiger partial charge in [-0.3, -0.25) is 0 Å². The highest BCUT2D eigenvalue weighted by Crippen LogP contribution is 2.50. The van der Waals surface area contributed by atoms with E-state index in [4.69, 9.17) is 0 Å². The number of hydrogen-bond acceptors (Lipinski definition) is 2. The first-order chi connectivity index (χ1) is 10.5. The first-order valence-electron chi connectivity index (χ1n) is 7.54. The minimum Gasteiger partial charge on any atom is -0.423 e. The van der Waals surface area contributed by atoms with Gasteiger partial charge in [0.05, 0.1) is 0 Å². The van der Waals surface area contributed by atoms with Gasteiger partial charge in [0.25, 0.3) is 0 Å². The van der Waals surface area contributed by atoms with E-state index < -0.39 is 7.12 Å². The maximum atomic E-state index is 9.81. The van der Waals surface area contributed by atoms with Crippen molar-refractivity contribution < 1.29 is 10.0 Å². The molecule has 0 radical (unpaired) electrons. The summed E-state index contributed by atoms with van der Waals surface area (Å²) in [4.78, 5) is 0. The summed E-state index contributed by atoms with van der Waals surface area (Å²) in [6.45, 7) is 4.39. The zero-order valence-corrected chi connectivity index (χ0v) is 12.7. The summed E-state index contributed by atoms with van der Waals surface area (Å²) < 4.78 is 0. The quantitative estimate of drug-likeness (QED) is 0.676. The average molecular weight is 288 g/mol. The third-order valence-corrected chi connectivity index (χ3v) is 4.90. The molecule has 3 aromatic carbocycles. The van der Waals surface area contributed by atoms with Crippen LogP contribution in [0.4, 0.5) is 0 Å². The number of rotatable bonds is 1. The Morgan fingerprint density at radius 3 is 2.27 bits per heavy atom. The van der Waals surface area contributed by atoms with Crippen molar-refractivity contribution in [1.29, 1.82) is 0 Å². The predicted molar refractivity (Wildman–Crippen MR) is 91.3 cm³/mol. The monoisotopic (exact) mass is 288 g/mol. The molecule has 3 aromatic rings. The molecule has 0 saturated carbocycles. The van der Waals surface area contributed by atoms with Crippen molar-refractivity contribution in [3.63, 3.8) is 0 Å². The molecule has 0 aromatic heterocycles. The first kappa shape index (κ1) is 13.6. The van der Waals surface area contributed by atoms with Gasteiger partial charge in [-0.05, 0) is 38.5 Å². The van der Waals surface area contributed by atoms with E-state index in [9.17, 15) is 10.0 Å². The van der Waals surface area contributed by atoms with Crippen molar-refractivity contribution in [2.24, 2.45) is 0 Å². The molecule has 0 spiro atoms. The lowest BCUT2D eigenvalue weighted by molar-refractivity contribution is 0.426. The van der Waals surface area contributed by atoms with Crippen LogP contribution in [0.3, 0.4) is 0 Å². The second kappa shape index (κ2) is 4.45. The molecule has 0 atom stereocenters. The Hall–Kier alpha value is -2.10. The van der Waals surface area contributed by atoms with E-state index in [1.165, 1.54) is 16.3 Å². The Labute approximate surface area is 130 Å². The van der Waals surface area contributed by atoms with Crippen molar-refractivity contribution in [3.8, 4) is 11.1 Å². The fourth-order valence-corrected chi connectivity index (χ4v) is 3.79. The molecule has 0 bridgehead atoms. The van der Waals surface area contributed by atoms with Gasteiger partial charge in [0, 0.05) is 5.41 Å². The van der Waals surface area contributed by atoms with E-state index >= 15 is 0 Å². The normalized spacial score (nSPS) is 14.7. The summed E-state index contributed by atoms with van der Waals surface area (Å²) in [5, 5.41) is 22.0. The highest BCUT2D eigenvalue weighted by atomic mass is 16.4. The van der Waals surface area contributed by atoms with Gasteiger partial charge in [-0.2, -0.15) is 0 Å². The Kier molecular flexibility index (Phi) is 2.74. The van der Waals surface area contributed by atoms with Crippen molar-refractivity contribution in [3.05, 3.63) is 65.7 Å². The van der Waals surface area contributed by atoms with E-state index in [1.54, 1.807) is 6.07 Å². The highest BCUT2D eigenvalue weighted by Gasteiger charge is 2.38. The molecule has 22 heavy (non-hydrogen) atoms. The number of hydrogen-bond donors (Lipinski definition) is 2. The summed E-state index contributed by atoms with van der Waals surface area (Å²) in [5.41, 5.74) is 4.97. The lowest BCUT2D eigenvalue weighted by atomic mass is 9.73. The second-order valence-electron chi connectivity index (χ2n) is 6.48. The summed E-state index contributed by atoms with van der Waals surface area (Å²) in [5.74, 6) is 0. The summed E-state index contributed by atoms with van der Waals surface area (Å²) in [6, 6.07) is 18.4. The van der Waals surface area contributed by atoms with Crippen LogP contribution in [-0.4, -0.2) is 17.2 Å². The van der Waals surface area contributed by atoms with Crippen LogP contribution < -0.4 is 5.46 Å². The summed E-state index contributed by atoms with van der Waals surface area (Å²) in [7, 11) is -1.46. The third kappa shape index (κ3) is 1.64. The Morgan fingerprint density at radius 1 is 0.773 bits per heavy atom. The minimum atomic E-state index is -1.46. The molecule has 1 aliphatic carbocycles.